The molecule has 1 aliphatic rings. The van der Waals surface area contributed by atoms with Crippen LogP contribution in [0.5, 0.6) is 11.5 Å². The molecule has 2 rings (SSSR count). The van der Waals surface area contributed by atoms with Crippen LogP contribution in [-0.4, -0.2) is 26.4 Å². The van der Waals surface area contributed by atoms with Gasteiger partial charge in [-0.1, -0.05) is 6.07 Å². The fourth-order valence-corrected chi connectivity index (χ4v) is 2.58. The first-order valence-corrected chi connectivity index (χ1v) is 7.23. The molecule has 1 heterocycles. The first kappa shape index (κ1) is 15.1. The van der Waals surface area contributed by atoms with Crippen molar-refractivity contribution in [1.29, 1.82) is 0 Å². The molecular weight excluding hydrogens is 256 g/mol. The van der Waals surface area contributed by atoms with Crippen LogP contribution >= 0.6 is 0 Å². The topological polar surface area (TPSA) is 65.7 Å². The molecule has 2 unspecified atom stereocenters. The highest BCUT2D eigenvalue weighted by atomic mass is 16.5. The van der Waals surface area contributed by atoms with Crippen molar-refractivity contribution in [3.8, 4) is 11.5 Å². The second-order valence-electron chi connectivity index (χ2n) is 4.84. The van der Waals surface area contributed by atoms with Crippen molar-refractivity contribution < 1.29 is 14.2 Å². The van der Waals surface area contributed by atoms with E-state index in [4.69, 9.17) is 20.1 Å². The monoisotopic (exact) mass is 280 g/mol. The fourth-order valence-electron chi connectivity index (χ4n) is 2.58. The zero-order valence-corrected chi connectivity index (χ0v) is 12.2. The molecule has 1 fully saturated rings. The Bertz CT molecular complexity index is 420. The van der Waals surface area contributed by atoms with Crippen LogP contribution in [0.4, 0.5) is 0 Å². The molecule has 1 aromatic carbocycles. The fraction of sp³-hybridized carbons (Fsp3) is 0.600. The SMILES string of the molecule is CCOc1ccc(C(NN)C2CCOC2)cc1OCC. The molecule has 0 bridgehead atoms. The van der Waals surface area contributed by atoms with Gasteiger partial charge < -0.3 is 14.2 Å². The Labute approximate surface area is 120 Å². The zero-order valence-electron chi connectivity index (χ0n) is 12.2. The molecule has 0 amide bonds. The maximum absolute atomic E-state index is 5.73. The Kier molecular flexibility index (Phi) is 5.64. The average Bonchev–Trinajstić information content (AvgIpc) is 2.97. The van der Waals surface area contributed by atoms with Gasteiger partial charge in [-0.3, -0.25) is 11.3 Å². The van der Waals surface area contributed by atoms with Crippen molar-refractivity contribution in [2.24, 2.45) is 11.8 Å². The Morgan fingerprint density at radius 2 is 2.05 bits per heavy atom. The van der Waals surface area contributed by atoms with Crippen LogP contribution in [0.25, 0.3) is 0 Å². The quantitative estimate of drug-likeness (QED) is 0.591. The Morgan fingerprint density at radius 1 is 1.30 bits per heavy atom. The van der Waals surface area contributed by atoms with Crippen LogP contribution in [0.15, 0.2) is 18.2 Å². The third-order valence-corrected chi connectivity index (χ3v) is 3.54. The van der Waals surface area contributed by atoms with Gasteiger partial charge >= 0.3 is 0 Å². The lowest BCUT2D eigenvalue weighted by Gasteiger charge is -2.23. The van der Waals surface area contributed by atoms with E-state index < -0.39 is 0 Å². The number of benzene rings is 1. The summed E-state index contributed by atoms with van der Waals surface area (Å²) in [5.74, 6) is 7.67. The number of hydrogen-bond acceptors (Lipinski definition) is 5. The number of nitrogens with two attached hydrogens (primary N) is 1. The summed E-state index contributed by atoms with van der Waals surface area (Å²) < 4.78 is 16.7. The van der Waals surface area contributed by atoms with Crippen molar-refractivity contribution in [3.63, 3.8) is 0 Å². The predicted octanol–water partition coefficient (Wildman–Crippen LogP) is 2.02. The van der Waals surface area contributed by atoms with Gasteiger partial charge in [0.05, 0.1) is 25.9 Å². The molecule has 1 saturated heterocycles. The molecule has 112 valence electrons. The molecule has 20 heavy (non-hydrogen) atoms. The van der Waals surface area contributed by atoms with Crippen molar-refractivity contribution in [3.05, 3.63) is 23.8 Å². The number of ether oxygens (including phenoxy) is 3. The first-order valence-electron chi connectivity index (χ1n) is 7.23. The van der Waals surface area contributed by atoms with Crippen molar-refractivity contribution >= 4 is 0 Å². The highest BCUT2D eigenvalue weighted by Gasteiger charge is 2.27. The van der Waals surface area contributed by atoms with Crippen molar-refractivity contribution in [2.45, 2.75) is 26.3 Å². The van der Waals surface area contributed by atoms with E-state index in [0.717, 1.165) is 36.7 Å². The molecule has 3 N–H and O–H groups in total. The van der Waals surface area contributed by atoms with E-state index >= 15 is 0 Å². The van der Waals surface area contributed by atoms with Crippen LogP contribution in [0, 0.1) is 5.92 Å². The minimum atomic E-state index is 0.0763. The number of hydrazine groups is 1. The van der Waals surface area contributed by atoms with Gasteiger partial charge in [0, 0.05) is 12.5 Å². The van der Waals surface area contributed by atoms with E-state index in [2.05, 4.69) is 5.43 Å². The van der Waals surface area contributed by atoms with Crippen LogP contribution in [0.3, 0.4) is 0 Å². The molecule has 0 aromatic heterocycles. The molecule has 0 aliphatic carbocycles. The second kappa shape index (κ2) is 7.47. The summed E-state index contributed by atoms with van der Waals surface area (Å²) in [6.45, 7) is 6.70. The van der Waals surface area contributed by atoms with E-state index in [1.807, 2.05) is 32.0 Å². The van der Waals surface area contributed by atoms with Gasteiger partial charge in [0.15, 0.2) is 11.5 Å². The number of nitrogens with one attached hydrogen (secondary N) is 1. The Morgan fingerprint density at radius 3 is 2.65 bits per heavy atom. The minimum absolute atomic E-state index is 0.0763. The van der Waals surface area contributed by atoms with Gasteiger partial charge in [-0.25, -0.2) is 0 Å². The normalized spacial score (nSPS) is 19.9. The van der Waals surface area contributed by atoms with Crippen LogP contribution in [0.2, 0.25) is 0 Å². The second-order valence-corrected chi connectivity index (χ2v) is 4.84. The van der Waals surface area contributed by atoms with Gasteiger partial charge in [-0.05, 0) is 38.0 Å². The number of rotatable bonds is 7. The molecule has 2 atom stereocenters. The minimum Gasteiger partial charge on any atom is -0.490 e. The lowest BCUT2D eigenvalue weighted by atomic mass is 9.92. The maximum Gasteiger partial charge on any atom is 0.161 e. The van der Waals surface area contributed by atoms with Crippen LogP contribution in [-0.2, 0) is 4.74 Å². The summed E-state index contributed by atoms with van der Waals surface area (Å²) in [6, 6.07) is 6.07. The zero-order chi connectivity index (χ0) is 14.4. The molecule has 1 aromatic rings. The largest absolute Gasteiger partial charge is 0.490 e. The maximum atomic E-state index is 5.73. The molecular formula is C15H24N2O3. The molecule has 5 nitrogen and oxygen atoms in total. The van der Waals surface area contributed by atoms with Gasteiger partial charge in [0.25, 0.3) is 0 Å². The summed E-state index contributed by atoms with van der Waals surface area (Å²) in [6.07, 6.45) is 1.02. The first-order chi connectivity index (χ1) is 9.80. The smallest absolute Gasteiger partial charge is 0.161 e. The van der Waals surface area contributed by atoms with Crippen LogP contribution < -0.4 is 20.7 Å². The summed E-state index contributed by atoms with van der Waals surface area (Å²) in [4.78, 5) is 0. The third kappa shape index (κ3) is 3.42. The highest BCUT2D eigenvalue weighted by molar-refractivity contribution is 5.44. The van der Waals surface area contributed by atoms with Gasteiger partial charge in [-0.15, -0.1) is 0 Å². The van der Waals surface area contributed by atoms with E-state index in [1.165, 1.54) is 0 Å². The van der Waals surface area contributed by atoms with Crippen LogP contribution in [0.1, 0.15) is 31.9 Å². The van der Waals surface area contributed by atoms with Gasteiger partial charge in [-0.2, -0.15) is 0 Å². The molecule has 5 heteroatoms. The molecule has 0 radical (unpaired) electrons. The summed E-state index contributed by atoms with van der Waals surface area (Å²) in [5.41, 5.74) is 4.01. The van der Waals surface area contributed by atoms with Gasteiger partial charge in [0.2, 0.25) is 0 Å². The predicted molar refractivity (Wildman–Crippen MR) is 77.8 cm³/mol. The van der Waals surface area contributed by atoms with Gasteiger partial charge in [0.1, 0.15) is 0 Å². The number of hydrogen-bond donors (Lipinski definition) is 2. The molecule has 0 spiro atoms. The standard InChI is InChI=1S/C15H24N2O3/c1-3-19-13-6-5-11(9-14(13)20-4-2)15(17-16)12-7-8-18-10-12/h5-6,9,12,15,17H,3-4,7-8,10,16H2,1-2H3. The van der Waals surface area contributed by atoms with Crippen molar-refractivity contribution in [1.82, 2.24) is 5.43 Å². The van der Waals surface area contributed by atoms with E-state index in [-0.39, 0.29) is 6.04 Å². The summed E-state index contributed by atoms with van der Waals surface area (Å²) in [7, 11) is 0. The molecule has 0 saturated carbocycles. The third-order valence-electron chi connectivity index (χ3n) is 3.54. The van der Waals surface area contributed by atoms with E-state index in [0.29, 0.717) is 19.1 Å². The Hall–Kier alpha value is -1.30. The van der Waals surface area contributed by atoms with E-state index in [1.54, 1.807) is 0 Å². The van der Waals surface area contributed by atoms with E-state index in [9.17, 15) is 0 Å². The summed E-state index contributed by atoms with van der Waals surface area (Å²) in [5, 5.41) is 0. The molecule has 1 aliphatic heterocycles. The lowest BCUT2D eigenvalue weighted by molar-refractivity contribution is 0.176. The summed E-state index contributed by atoms with van der Waals surface area (Å²) >= 11 is 0. The Balaban J connectivity index is 2.23. The lowest BCUT2D eigenvalue weighted by Crippen LogP contribution is -2.33. The van der Waals surface area contributed by atoms with Crippen molar-refractivity contribution in [2.75, 3.05) is 26.4 Å². The average molecular weight is 280 g/mol. The highest BCUT2D eigenvalue weighted by Crippen LogP contribution is 2.34.